The number of aliphatic hydroxyl groups excluding tert-OH is 1. The van der Waals surface area contributed by atoms with Gasteiger partial charge >= 0.3 is 6.09 Å². The summed E-state index contributed by atoms with van der Waals surface area (Å²) in [6, 6.07) is 0. The van der Waals surface area contributed by atoms with E-state index in [2.05, 4.69) is 5.32 Å². The molecule has 1 fully saturated rings. The second-order valence-electron chi connectivity index (χ2n) is 5.98. The molecule has 100 valence electrons. The molecular weight excluding hydrogens is 218 g/mol. The molecule has 0 unspecified atom stereocenters. The Kier molecular flexibility index (Phi) is 4.80. The van der Waals surface area contributed by atoms with Gasteiger partial charge in [0, 0.05) is 0 Å². The van der Waals surface area contributed by atoms with Crippen molar-refractivity contribution in [2.45, 2.75) is 70.4 Å². The van der Waals surface area contributed by atoms with Gasteiger partial charge in [-0.2, -0.15) is 0 Å². The lowest BCUT2D eigenvalue weighted by Crippen LogP contribution is -2.52. The van der Waals surface area contributed by atoms with E-state index in [1.54, 1.807) is 0 Å². The van der Waals surface area contributed by atoms with Gasteiger partial charge in [0.25, 0.3) is 0 Å². The molecule has 0 aliphatic heterocycles. The number of aliphatic hydroxyl groups is 1. The third-order valence-electron chi connectivity index (χ3n) is 3.13. The van der Waals surface area contributed by atoms with E-state index in [1.807, 2.05) is 20.8 Å². The van der Waals surface area contributed by atoms with Crippen molar-refractivity contribution in [3.05, 3.63) is 0 Å². The van der Waals surface area contributed by atoms with Gasteiger partial charge < -0.3 is 15.2 Å². The van der Waals surface area contributed by atoms with E-state index < -0.39 is 17.2 Å². The van der Waals surface area contributed by atoms with Gasteiger partial charge in [-0.3, -0.25) is 0 Å². The molecule has 0 aromatic heterocycles. The molecular formula is C13H25NO3. The van der Waals surface area contributed by atoms with Crippen molar-refractivity contribution in [1.82, 2.24) is 5.32 Å². The van der Waals surface area contributed by atoms with Crippen LogP contribution in [0.25, 0.3) is 0 Å². The molecule has 4 nitrogen and oxygen atoms in total. The number of carbonyl (C=O) groups excluding carboxylic acids is 1. The van der Waals surface area contributed by atoms with Crippen molar-refractivity contribution in [1.29, 1.82) is 0 Å². The predicted molar refractivity (Wildman–Crippen MR) is 66.9 cm³/mol. The molecule has 0 radical (unpaired) electrons. The Labute approximate surface area is 104 Å². The van der Waals surface area contributed by atoms with Gasteiger partial charge in [0.2, 0.25) is 0 Å². The largest absolute Gasteiger partial charge is 0.444 e. The molecule has 0 saturated heterocycles. The van der Waals surface area contributed by atoms with Crippen molar-refractivity contribution >= 4 is 6.09 Å². The highest BCUT2D eigenvalue weighted by Crippen LogP contribution is 2.27. The Morgan fingerprint density at radius 3 is 2.18 bits per heavy atom. The molecule has 0 heterocycles. The van der Waals surface area contributed by atoms with Gasteiger partial charge in [-0.15, -0.1) is 0 Å². The van der Waals surface area contributed by atoms with Crippen LogP contribution < -0.4 is 5.32 Å². The van der Waals surface area contributed by atoms with E-state index in [1.165, 1.54) is 12.8 Å². The molecule has 4 heteroatoms. The molecule has 2 N–H and O–H groups in total. The lowest BCUT2D eigenvalue weighted by molar-refractivity contribution is 0.0377. The molecule has 1 aliphatic carbocycles. The highest BCUT2D eigenvalue weighted by atomic mass is 16.6. The highest BCUT2D eigenvalue weighted by Gasteiger charge is 2.33. The number of hydrogen-bond acceptors (Lipinski definition) is 3. The first-order valence-corrected chi connectivity index (χ1v) is 6.49. The molecule has 0 atom stereocenters. The summed E-state index contributed by atoms with van der Waals surface area (Å²) < 4.78 is 5.25. The number of carbonyl (C=O) groups is 1. The maximum atomic E-state index is 11.8. The second kappa shape index (κ2) is 5.71. The van der Waals surface area contributed by atoms with E-state index in [-0.39, 0.29) is 6.61 Å². The van der Waals surface area contributed by atoms with E-state index in [9.17, 15) is 9.90 Å². The Balaban J connectivity index is 2.58. The lowest BCUT2D eigenvalue weighted by Gasteiger charge is -2.33. The van der Waals surface area contributed by atoms with Crippen LogP contribution in [-0.4, -0.2) is 28.9 Å². The SMILES string of the molecule is CC(C)(C)OC(=O)NC1(CO)CCCCCC1. The van der Waals surface area contributed by atoms with Crippen LogP contribution in [0.15, 0.2) is 0 Å². The zero-order chi connectivity index (χ0) is 12.9. The summed E-state index contributed by atoms with van der Waals surface area (Å²) in [6.45, 7) is 5.51. The van der Waals surface area contributed by atoms with Crippen molar-refractivity contribution in [2.75, 3.05) is 6.61 Å². The van der Waals surface area contributed by atoms with Gasteiger partial charge in [-0.05, 0) is 33.6 Å². The highest BCUT2D eigenvalue weighted by molar-refractivity contribution is 5.68. The van der Waals surface area contributed by atoms with Gasteiger partial charge in [0.15, 0.2) is 0 Å². The van der Waals surface area contributed by atoms with Crippen molar-refractivity contribution in [2.24, 2.45) is 0 Å². The minimum absolute atomic E-state index is 0.00770. The zero-order valence-corrected chi connectivity index (χ0v) is 11.2. The number of hydrogen-bond donors (Lipinski definition) is 2. The summed E-state index contributed by atoms with van der Waals surface area (Å²) >= 11 is 0. The summed E-state index contributed by atoms with van der Waals surface area (Å²) in [7, 11) is 0. The minimum Gasteiger partial charge on any atom is -0.444 e. The first-order valence-electron chi connectivity index (χ1n) is 6.49. The zero-order valence-electron chi connectivity index (χ0n) is 11.2. The van der Waals surface area contributed by atoms with Gasteiger partial charge in [0.1, 0.15) is 5.60 Å². The fourth-order valence-corrected chi connectivity index (χ4v) is 2.25. The molecule has 0 bridgehead atoms. The van der Waals surface area contributed by atoms with Gasteiger partial charge in [-0.25, -0.2) is 4.79 Å². The van der Waals surface area contributed by atoms with Crippen LogP contribution >= 0.6 is 0 Å². The van der Waals surface area contributed by atoms with Crippen LogP contribution in [0.4, 0.5) is 4.79 Å². The summed E-state index contributed by atoms with van der Waals surface area (Å²) in [5.41, 5.74) is -0.968. The number of amides is 1. The average Bonchev–Trinajstić information content (AvgIpc) is 2.41. The molecule has 0 aromatic carbocycles. The molecule has 17 heavy (non-hydrogen) atoms. The topological polar surface area (TPSA) is 58.6 Å². The molecule has 1 saturated carbocycles. The monoisotopic (exact) mass is 243 g/mol. The fourth-order valence-electron chi connectivity index (χ4n) is 2.25. The minimum atomic E-state index is -0.495. The van der Waals surface area contributed by atoms with Crippen LogP contribution in [-0.2, 0) is 4.74 Å². The molecule has 1 rings (SSSR count). The normalized spacial score (nSPS) is 20.5. The van der Waals surface area contributed by atoms with Gasteiger partial charge in [-0.1, -0.05) is 25.7 Å². The van der Waals surface area contributed by atoms with E-state index in [4.69, 9.17) is 4.74 Å². The number of rotatable bonds is 2. The van der Waals surface area contributed by atoms with Crippen molar-refractivity contribution in [3.8, 4) is 0 Å². The summed E-state index contributed by atoms with van der Waals surface area (Å²) in [6.07, 6.45) is 5.71. The quantitative estimate of drug-likeness (QED) is 0.733. The summed E-state index contributed by atoms with van der Waals surface area (Å²) in [4.78, 5) is 11.8. The lowest BCUT2D eigenvalue weighted by atomic mass is 9.91. The van der Waals surface area contributed by atoms with E-state index in [0.717, 1.165) is 25.7 Å². The molecule has 0 aromatic rings. The van der Waals surface area contributed by atoms with Crippen LogP contribution in [0, 0.1) is 0 Å². The first kappa shape index (κ1) is 14.3. The predicted octanol–water partition coefficient (Wildman–Crippen LogP) is 2.60. The van der Waals surface area contributed by atoms with Crippen molar-refractivity contribution in [3.63, 3.8) is 0 Å². The van der Waals surface area contributed by atoms with Gasteiger partial charge in [0.05, 0.1) is 12.1 Å². The maximum absolute atomic E-state index is 11.8. The van der Waals surface area contributed by atoms with Crippen LogP contribution in [0.3, 0.4) is 0 Å². The first-order chi connectivity index (χ1) is 7.87. The Hall–Kier alpha value is -0.770. The summed E-state index contributed by atoms with van der Waals surface area (Å²) in [5, 5.41) is 12.4. The fraction of sp³-hybridized carbons (Fsp3) is 0.923. The Bertz CT molecular complexity index is 250. The van der Waals surface area contributed by atoms with Crippen LogP contribution in [0.5, 0.6) is 0 Å². The van der Waals surface area contributed by atoms with E-state index in [0.29, 0.717) is 0 Å². The number of nitrogens with one attached hydrogen (secondary N) is 1. The van der Waals surface area contributed by atoms with Crippen LogP contribution in [0.2, 0.25) is 0 Å². The smallest absolute Gasteiger partial charge is 0.408 e. The number of ether oxygens (including phenoxy) is 1. The molecule has 0 spiro atoms. The average molecular weight is 243 g/mol. The maximum Gasteiger partial charge on any atom is 0.408 e. The standard InChI is InChI=1S/C13H25NO3/c1-12(2,3)17-11(16)14-13(10-15)8-6-4-5-7-9-13/h15H,4-10H2,1-3H3,(H,14,16). The third-order valence-corrected chi connectivity index (χ3v) is 3.13. The van der Waals surface area contributed by atoms with Crippen LogP contribution in [0.1, 0.15) is 59.3 Å². The number of alkyl carbamates (subject to hydrolysis) is 1. The Morgan fingerprint density at radius 2 is 1.76 bits per heavy atom. The van der Waals surface area contributed by atoms with Crippen molar-refractivity contribution < 1.29 is 14.6 Å². The molecule has 1 amide bonds. The second-order valence-corrected chi connectivity index (χ2v) is 5.98. The van der Waals surface area contributed by atoms with E-state index >= 15 is 0 Å². The summed E-state index contributed by atoms with van der Waals surface area (Å²) in [5.74, 6) is 0. The Morgan fingerprint density at radius 1 is 1.24 bits per heavy atom. The molecule has 1 aliphatic rings. The third kappa shape index (κ3) is 4.94.